The molecule has 0 spiro atoms. The van der Waals surface area contributed by atoms with Crippen LogP contribution >= 0.6 is 0 Å². The quantitative estimate of drug-likeness (QED) is 0.656. The monoisotopic (exact) mass is 238 g/mol. The van der Waals surface area contributed by atoms with Crippen molar-refractivity contribution in [1.29, 1.82) is 0 Å². The highest BCUT2D eigenvalue weighted by atomic mass is 28.4. The van der Waals surface area contributed by atoms with Gasteiger partial charge in [0.25, 0.3) is 0 Å². The van der Waals surface area contributed by atoms with Gasteiger partial charge in [-0.2, -0.15) is 0 Å². The summed E-state index contributed by atoms with van der Waals surface area (Å²) in [5.74, 6) is 0. The van der Waals surface area contributed by atoms with Crippen molar-refractivity contribution in [3.63, 3.8) is 0 Å². The standard InChI is InChI=1S/C14H26OSi/c1-8-13-11(2)9-12(10-14(13,3)4)15-16(5,6)7/h8,12H,1,9-10H2,2-7H3. The molecule has 0 saturated heterocycles. The molecule has 92 valence electrons. The second-order valence-electron chi connectivity index (χ2n) is 6.54. The molecule has 1 rings (SSSR count). The molecule has 0 amide bonds. The zero-order chi connectivity index (χ0) is 12.6. The summed E-state index contributed by atoms with van der Waals surface area (Å²) in [6.07, 6.45) is 4.64. The largest absolute Gasteiger partial charge is 0.414 e. The van der Waals surface area contributed by atoms with E-state index in [4.69, 9.17) is 4.43 Å². The van der Waals surface area contributed by atoms with Gasteiger partial charge in [0.1, 0.15) is 0 Å². The fraction of sp³-hybridized carbons (Fsp3) is 0.714. The number of hydrogen-bond acceptors (Lipinski definition) is 1. The zero-order valence-corrected chi connectivity index (χ0v) is 12.7. The minimum atomic E-state index is -1.42. The van der Waals surface area contributed by atoms with E-state index in [0.717, 1.165) is 12.8 Å². The highest BCUT2D eigenvalue weighted by molar-refractivity contribution is 6.69. The summed E-state index contributed by atoms with van der Waals surface area (Å²) in [6, 6.07) is 0. The van der Waals surface area contributed by atoms with Crippen LogP contribution in [0.2, 0.25) is 19.6 Å². The average molecular weight is 238 g/mol. The third-order valence-corrected chi connectivity index (χ3v) is 4.23. The molecule has 0 radical (unpaired) electrons. The van der Waals surface area contributed by atoms with Gasteiger partial charge in [-0.25, -0.2) is 0 Å². The first-order chi connectivity index (χ1) is 7.15. The van der Waals surface area contributed by atoms with E-state index in [1.807, 2.05) is 6.08 Å². The van der Waals surface area contributed by atoms with Crippen LogP contribution in [-0.4, -0.2) is 14.4 Å². The molecule has 2 heteroatoms. The van der Waals surface area contributed by atoms with Gasteiger partial charge in [-0.3, -0.25) is 0 Å². The van der Waals surface area contributed by atoms with E-state index in [0.29, 0.717) is 6.10 Å². The molecular formula is C14H26OSi. The first kappa shape index (κ1) is 13.7. The highest BCUT2D eigenvalue weighted by Gasteiger charge is 2.34. The van der Waals surface area contributed by atoms with Gasteiger partial charge in [0.05, 0.1) is 0 Å². The van der Waals surface area contributed by atoms with Crippen LogP contribution in [0.4, 0.5) is 0 Å². The number of hydrogen-bond donors (Lipinski definition) is 0. The molecule has 0 heterocycles. The lowest BCUT2D eigenvalue weighted by atomic mass is 9.72. The first-order valence-electron chi connectivity index (χ1n) is 6.16. The van der Waals surface area contributed by atoms with Crippen LogP contribution in [0.5, 0.6) is 0 Å². The average Bonchev–Trinajstić information content (AvgIpc) is 1.97. The fourth-order valence-corrected chi connectivity index (χ4v) is 3.98. The van der Waals surface area contributed by atoms with Crippen LogP contribution < -0.4 is 0 Å². The van der Waals surface area contributed by atoms with Gasteiger partial charge in [-0.1, -0.05) is 32.1 Å². The zero-order valence-electron chi connectivity index (χ0n) is 11.7. The Labute approximate surface area is 102 Å². The van der Waals surface area contributed by atoms with E-state index in [-0.39, 0.29) is 5.41 Å². The summed E-state index contributed by atoms with van der Waals surface area (Å²) in [5.41, 5.74) is 3.09. The normalized spacial score (nSPS) is 25.8. The molecule has 1 nitrogen and oxygen atoms in total. The van der Waals surface area contributed by atoms with Crippen molar-refractivity contribution in [2.24, 2.45) is 5.41 Å². The van der Waals surface area contributed by atoms with Gasteiger partial charge >= 0.3 is 0 Å². The Hall–Kier alpha value is -0.343. The number of rotatable bonds is 3. The van der Waals surface area contributed by atoms with Crippen molar-refractivity contribution in [2.75, 3.05) is 0 Å². The van der Waals surface area contributed by atoms with Gasteiger partial charge in [0.15, 0.2) is 8.32 Å². The van der Waals surface area contributed by atoms with Crippen LogP contribution in [0.1, 0.15) is 33.6 Å². The van der Waals surface area contributed by atoms with E-state index in [1.54, 1.807) is 0 Å². The van der Waals surface area contributed by atoms with Crippen molar-refractivity contribution in [2.45, 2.75) is 59.4 Å². The van der Waals surface area contributed by atoms with Crippen molar-refractivity contribution in [3.8, 4) is 0 Å². The van der Waals surface area contributed by atoms with Gasteiger partial charge in [-0.15, -0.1) is 0 Å². The highest BCUT2D eigenvalue weighted by Crippen LogP contribution is 2.42. The smallest absolute Gasteiger partial charge is 0.184 e. The third kappa shape index (κ3) is 3.32. The van der Waals surface area contributed by atoms with E-state index in [9.17, 15) is 0 Å². The molecule has 1 aliphatic rings. The summed E-state index contributed by atoms with van der Waals surface area (Å²) >= 11 is 0. The summed E-state index contributed by atoms with van der Waals surface area (Å²) in [5, 5.41) is 0. The Morgan fingerprint density at radius 3 is 2.31 bits per heavy atom. The first-order valence-corrected chi connectivity index (χ1v) is 9.57. The fourth-order valence-electron chi connectivity index (χ4n) is 2.81. The predicted molar refractivity (Wildman–Crippen MR) is 74.1 cm³/mol. The maximum atomic E-state index is 6.25. The summed E-state index contributed by atoms with van der Waals surface area (Å²) in [6.45, 7) is 17.6. The van der Waals surface area contributed by atoms with Crippen molar-refractivity contribution >= 4 is 8.32 Å². The molecule has 0 aliphatic heterocycles. The molecular weight excluding hydrogens is 212 g/mol. The lowest BCUT2D eigenvalue weighted by Gasteiger charge is -2.40. The molecule has 0 fully saturated rings. The summed E-state index contributed by atoms with van der Waals surface area (Å²) in [4.78, 5) is 0. The molecule has 1 unspecified atom stereocenters. The van der Waals surface area contributed by atoms with Crippen LogP contribution in [0, 0.1) is 5.41 Å². The Morgan fingerprint density at radius 2 is 1.94 bits per heavy atom. The van der Waals surface area contributed by atoms with Gasteiger partial charge < -0.3 is 4.43 Å². The second kappa shape index (κ2) is 4.50. The second-order valence-corrected chi connectivity index (χ2v) is 11.0. The minimum Gasteiger partial charge on any atom is -0.414 e. The SMILES string of the molecule is C=CC1=C(C)CC(O[Si](C)(C)C)CC1(C)C. The lowest BCUT2D eigenvalue weighted by Crippen LogP contribution is -2.37. The Morgan fingerprint density at radius 1 is 1.38 bits per heavy atom. The third-order valence-electron chi connectivity index (χ3n) is 3.19. The summed E-state index contributed by atoms with van der Waals surface area (Å²) in [7, 11) is -1.42. The molecule has 16 heavy (non-hydrogen) atoms. The van der Waals surface area contributed by atoms with Crippen molar-refractivity contribution in [1.82, 2.24) is 0 Å². The van der Waals surface area contributed by atoms with E-state index in [2.05, 4.69) is 47.0 Å². The Bertz CT molecular complexity index is 307. The van der Waals surface area contributed by atoms with Gasteiger partial charge in [0, 0.05) is 6.10 Å². The van der Waals surface area contributed by atoms with Crippen LogP contribution in [0.3, 0.4) is 0 Å². The molecule has 0 bridgehead atoms. The van der Waals surface area contributed by atoms with Crippen LogP contribution in [0.25, 0.3) is 0 Å². The predicted octanol–water partition coefficient (Wildman–Crippen LogP) is 4.53. The van der Waals surface area contributed by atoms with Crippen molar-refractivity contribution < 1.29 is 4.43 Å². The molecule has 0 saturated carbocycles. The van der Waals surface area contributed by atoms with Crippen LogP contribution in [-0.2, 0) is 4.43 Å². The summed E-state index contributed by atoms with van der Waals surface area (Å²) < 4.78 is 6.25. The minimum absolute atomic E-state index is 0.217. The maximum Gasteiger partial charge on any atom is 0.184 e. The Balaban J connectivity index is 2.87. The van der Waals surface area contributed by atoms with Crippen molar-refractivity contribution in [3.05, 3.63) is 23.8 Å². The Kier molecular flexibility index (Phi) is 3.86. The molecule has 0 N–H and O–H groups in total. The van der Waals surface area contributed by atoms with E-state index >= 15 is 0 Å². The van der Waals surface area contributed by atoms with E-state index in [1.165, 1.54) is 11.1 Å². The van der Waals surface area contributed by atoms with Gasteiger partial charge in [0.2, 0.25) is 0 Å². The molecule has 1 aliphatic carbocycles. The number of allylic oxidation sites excluding steroid dienone is 2. The van der Waals surface area contributed by atoms with Gasteiger partial charge in [-0.05, 0) is 50.4 Å². The molecule has 0 aromatic heterocycles. The van der Waals surface area contributed by atoms with E-state index < -0.39 is 8.32 Å². The topological polar surface area (TPSA) is 9.23 Å². The molecule has 0 aromatic carbocycles. The molecule has 1 atom stereocenters. The molecule has 0 aromatic rings. The maximum absolute atomic E-state index is 6.25. The lowest BCUT2D eigenvalue weighted by molar-refractivity contribution is 0.133. The van der Waals surface area contributed by atoms with Crippen LogP contribution in [0.15, 0.2) is 23.8 Å².